The van der Waals surface area contributed by atoms with Crippen molar-refractivity contribution >= 4 is 17.2 Å². The van der Waals surface area contributed by atoms with E-state index >= 15 is 0 Å². The lowest BCUT2D eigenvalue weighted by molar-refractivity contribution is -0.115. The molecular formula is C15H22N2O. The number of para-hydroxylation sites is 2. The second-order valence-corrected chi connectivity index (χ2v) is 4.76. The average Bonchev–Trinajstić information content (AvgIpc) is 2.35. The van der Waals surface area contributed by atoms with Crippen molar-refractivity contribution < 1.29 is 4.79 Å². The summed E-state index contributed by atoms with van der Waals surface area (Å²) in [5.74, 6) is 0.129. The number of hydrogen-bond acceptors (Lipinski definition) is 3. The van der Waals surface area contributed by atoms with Gasteiger partial charge < -0.3 is 9.80 Å². The van der Waals surface area contributed by atoms with E-state index < -0.39 is 0 Å². The van der Waals surface area contributed by atoms with Crippen LogP contribution in [0.5, 0.6) is 0 Å². The fourth-order valence-electron chi connectivity index (χ4n) is 1.77. The van der Waals surface area contributed by atoms with Crippen LogP contribution in [0.25, 0.3) is 0 Å². The Bertz CT molecular complexity index is 438. The number of carbonyl (C=O) groups excluding carboxylic acids is 1. The molecule has 0 heterocycles. The number of Topliss-reactive ketones (excluding diaryl/α,β-unsaturated/α-hetero) is 1. The van der Waals surface area contributed by atoms with E-state index in [4.69, 9.17) is 0 Å². The van der Waals surface area contributed by atoms with Crippen LogP contribution in [0.2, 0.25) is 0 Å². The van der Waals surface area contributed by atoms with E-state index in [9.17, 15) is 4.79 Å². The Morgan fingerprint density at radius 2 is 1.72 bits per heavy atom. The van der Waals surface area contributed by atoms with Crippen LogP contribution in [0, 0.1) is 0 Å². The molecule has 1 aromatic carbocycles. The Hall–Kier alpha value is -1.77. The Morgan fingerprint density at radius 3 is 2.22 bits per heavy atom. The van der Waals surface area contributed by atoms with Crippen LogP contribution in [0.4, 0.5) is 11.4 Å². The van der Waals surface area contributed by atoms with Gasteiger partial charge in [-0.1, -0.05) is 18.7 Å². The first kappa shape index (κ1) is 14.3. The molecule has 0 aromatic heterocycles. The van der Waals surface area contributed by atoms with Gasteiger partial charge in [0.25, 0.3) is 0 Å². The molecule has 0 atom stereocenters. The van der Waals surface area contributed by atoms with Crippen molar-refractivity contribution in [3.05, 3.63) is 36.4 Å². The quantitative estimate of drug-likeness (QED) is 0.721. The summed E-state index contributed by atoms with van der Waals surface area (Å²) < 4.78 is 0. The van der Waals surface area contributed by atoms with Gasteiger partial charge in [0.2, 0.25) is 0 Å². The number of anilines is 2. The average molecular weight is 246 g/mol. The van der Waals surface area contributed by atoms with E-state index in [0.717, 1.165) is 11.4 Å². The Labute approximate surface area is 110 Å². The van der Waals surface area contributed by atoms with Crippen LogP contribution >= 0.6 is 0 Å². The zero-order valence-corrected chi connectivity index (χ0v) is 11.7. The van der Waals surface area contributed by atoms with Crippen molar-refractivity contribution in [2.45, 2.75) is 13.3 Å². The maximum Gasteiger partial charge on any atom is 0.159 e. The Balaban J connectivity index is 2.75. The van der Waals surface area contributed by atoms with Crippen molar-refractivity contribution in [1.82, 2.24) is 0 Å². The van der Waals surface area contributed by atoms with Gasteiger partial charge in [0, 0.05) is 34.1 Å². The lowest BCUT2D eigenvalue weighted by Crippen LogP contribution is -2.23. The van der Waals surface area contributed by atoms with Crippen molar-refractivity contribution in [2.75, 3.05) is 37.5 Å². The molecule has 3 nitrogen and oxygen atoms in total. The molecule has 3 heteroatoms. The molecule has 0 radical (unpaired) electrons. The van der Waals surface area contributed by atoms with E-state index in [0.29, 0.717) is 18.5 Å². The van der Waals surface area contributed by atoms with Crippen LogP contribution in [-0.4, -0.2) is 33.5 Å². The molecule has 0 saturated heterocycles. The number of carbonyl (C=O) groups is 1. The maximum absolute atomic E-state index is 11.6. The van der Waals surface area contributed by atoms with E-state index in [1.165, 1.54) is 0 Å². The third kappa shape index (κ3) is 3.62. The van der Waals surface area contributed by atoms with Gasteiger partial charge in [-0.25, -0.2) is 0 Å². The fourth-order valence-corrected chi connectivity index (χ4v) is 1.77. The third-order valence-electron chi connectivity index (χ3n) is 2.93. The number of hydrogen-bond donors (Lipinski definition) is 0. The lowest BCUT2D eigenvalue weighted by atomic mass is 10.1. The van der Waals surface area contributed by atoms with Crippen LogP contribution < -0.4 is 9.80 Å². The van der Waals surface area contributed by atoms with Gasteiger partial charge in [-0.05, 0) is 24.6 Å². The monoisotopic (exact) mass is 246 g/mol. The molecular weight excluding hydrogens is 224 g/mol. The molecule has 0 aliphatic rings. The molecule has 18 heavy (non-hydrogen) atoms. The first-order valence-corrected chi connectivity index (χ1v) is 6.09. The zero-order valence-electron chi connectivity index (χ0n) is 11.7. The molecule has 98 valence electrons. The summed E-state index contributed by atoms with van der Waals surface area (Å²) in [5.41, 5.74) is 2.92. The minimum absolute atomic E-state index is 0.129. The highest BCUT2D eigenvalue weighted by Gasteiger charge is 2.10. The number of ketones is 1. The minimum atomic E-state index is 0.129. The van der Waals surface area contributed by atoms with E-state index in [1.54, 1.807) is 6.92 Å². The molecule has 0 N–H and O–H groups in total. The highest BCUT2D eigenvalue weighted by Crippen LogP contribution is 2.26. The van der Waals surface area contributed by atoms with Gasteiger partial charge in [-0.2, -0.15) is 0 Å². The van der Waals surface area contributed by atoms with Crippen LogP contribution in [0.1, 0.15) is 13.3 Å². The predicted molar refractivity (Wildman–Crippen MR) is 78.5 cm³/mol. The van der Waals surface area contributed by atoms with Crippen LogP contribution in [-0.2, 0) is 4.79 Å². The minimum Gasteiger partial charge on any atom is -0.376 e. The van der Waals surface area contributed by atoms with Crippen molar-refractivity contribution in [1.29, 1.82) is 0 Å². The molecule has 0 saturated carbocycles. The molecule has 0 fully saturated rings. The van der Waals surface area contributed by atoms with Gasteiger partial charge in [0.15, 0.2) is 5.78 Å². The summed E-state index contributed by atoms with van der Waals surface area (Å²) in [6.07, 6.45) is 0.508. The van der Waals surface area contributed by atoms with Crippen LogP contribution in [0.15, 0.2) is 36.4 Å². The highest BCUT2D eigenvalue weighted by atomic mass is 16.1. The summed E-state index contributed by atoms with van der Waals surface area (Å²) in [4.78, 5) is 15.7. The number of nitrogens with zero attached hydrogens (tertiary/aromatic N) is 2. The number of rotatable bonds is 6. The summed E-state index contributed by atoms with van der Waals surface area (Å²) in [6, 6.07) is 8.18. The summed E-state index contributed by atoms with van der Waals surface area (Å²) >= 11 is 0. The van der Waals surface area contributed by atoms with Crippen molar-refractivity contribution in [3.8, 4) is 0 Å². The van der Waals surface area contributed by atoms with E-state index in [1.807, 2.05) is 33.3 Å². The first-order valence-electron chi connectivity index (χ1n) is 6.09. The van der Waals surface area contributed by atoms with Gasteiger partial charge in [0.05, 0.1) is 11.4 Å². The molecule has 0 aliphatic carbocycles. The number of allylic oxidation sites excluding steroid dienone is 1. The molecule has 1 rings (SSSR count). The Kier molecular flexibility index (Phi) is 4.95. The van der Waals surface area contributed by atoms with Crippen molar-refractivity contribution in [3.63, 3.8) is 0 Å². The largest absolute Gasteiger partial charge is 0.376 e. The molecule has 0 bridgehead atoms. The Morgan fingerprint density at radius 1 is 1.17 bits per heavy atom. The third-order valence-corrected chi connectivity index (χ3v) is 2.93. The summed E-state index contributed by atoms with van der Waals surface area (Å²) in [5, 5.41) is 0. The van der Waals surface area contributed by atoms with Gasteiger partial charge in [-0.3, -0.25) is 4.79 Å². The van der Waals surface area contributed by atoms with Gasteiger partial charge >= 0.3 is 0 Å². The van der Waals surface area contributed by atoms with E-state index in [2.05, 4.69) is 28.5 Å². The second-order valence-electron chi connectivity index (χ2n) is 4.76. The first-order chi connectivity index (χ1) is 8.43. The summed E-state index contributed by atoms with van der Waals surface area (Å²) in [6.45, 7) is 6.14. The van der Waals surface area contributed by atoms with E-state index in [-0.39, 0.29) is 5.78 Å². The fraction of sp³-hybridized carbons (Fsp3) is 0.400. The SMILES string of the molecule is C=C(C)C(=O)CCN(C)c1ccccc1N(C)C. The standard InChI is InChI=1S/C15H22N2O/c1-12(2)15(18)10-11-17(5)14-9-7-6-8-13(14)16(3)4/h6-9H,1,10-11H2,2-5H3. The smallest absolute Gasteiger partial charge is 0.159 e. The van der Waals surface area contributed by atoms with Crippen LogP contribution in [0.3, 0.4) is 0 Å². The topological polar surface area (TPSA) is 23.6 Å². The number of benzene rings is 1. The second kappa shape index (κ2) is 6.24. The maximum atomic E-state index is 11.6. The normalized spacial score (nSPS) is 10.0. The molecule has 0 aliphatic heterocycles. The predicted octanol–water partition coefficient (Wildman–Crippen LogP) is 2.72. The zero-order chi connectivity index (χ0) is 13.7. The van der Waals surface area contributed by atoms with Gasteiger partial charge in [0.1, 0.15) is 0 Å². The van der Waals surface area contributed by atoms with Crippen molar-refractivity contribution in [2.24, 2.45) is 0 Å². The molecule has 0 amide bonds. The lowest BCUT2D eigenvalue weighted by Gasteiger charge is -2.25. The summed E-state index contributed by atoms with van der Waals surface area (Å²) in [7, 11) is 6.05. The molecule has 1 aromatic rings. The molecule has 0 unspecified atom stereocenters. The van der Waals surface area contributed by atoms with Gasteiger partial charge in [-0.15, -0.1) is 0 Å². The highest BCUT2D eigenvalue weighted by molar-refractivity contribution is 5.94. The molecule has 0 spiro atoms.